The molecular weight excluding hydrogens is 362 g/mol. The lowest BCUT2D eigenvalue weighted by Gasteiger charge is -2.17. The quantitative estimate of drug-likeness (QED) is 0.777. The van der Waals surface area contributed by atoms with Gasteiger partial charge in [0.1, 0.15) is 0 Å². The number of nitrogens with two attached hydrogens (primary N) is 1. The number of primary amides is 1. The Hall–Kier alpha value is -2.06. The summed E-state index contributed by atoms with van der Waals surface area (Å²) in [6.45, 7) is 0. The van der Waals surface area contributed by atoms with Gasteiger partial charge < -0.3 is 5.73 Å². The average molecular weight is 380 g/mol. The molecule has 0 spiro atoms. The van der Waals surface area contributed by atoms with Crippen LogP contribution in [-0.2, 0) is 4.79 Å². The van der Waals surface area contributed by atoms with Gasteiger partial charge in [-0.15, -0.1) is 10.2 Å². The first-order valence-electron chi connectivity index (χ1n) is 7.98. The predicted molar refractivity (Wildman–Crippen MR) is 96.4 cm³/mol. The molecule has 1 saturated carbocycles. The molecule has 0 bridgehead atoms. The van der Waals surface area contributed by atoms with Crippen molar-refractivity contribution in [2.75, 3.05) is 5.75 Å². The molecule has 1 fully saturated rings. The van der Waals surface area contributed by atoms with Gasteiger partial charge in [-0.2, -0.15) is 0 Å². The number of nitrogens with one attached hydrogen (secondary N) is 1. The van der Waals surface area contributed by atoms with Gasteiger partial charge >= 0.3 is 6.03 Å². The van der Waals surface area contributed by atoms with E-state index in [4.69, 9.17) is 17.3 Å². The van der Waals surface area contributed by atoms with Gasteiger partial charge in [-0.25, -0.2) is 4.79 Å². The van der Waals surface area contributed by atoms with Crippen molar-refractivity contribution in [3.8, 4) is 11.4 Å². The summed E-state index contributed by atoms with van der Waals surface area (Å²) in [4.78, 5) is 22.4. The van der Waals surface area contributed by atoms with Crippen molar-refractivity contribution in [1.82, 2.24) is 20.1 Å². The number of benzene rings is 1. The highest BCUT2D eigenvalue weighted by Crippen LogP contribution is 2.38. The summed E-state index contributed by atoms with van der Waals surface area (Å²) in [5.74, 6) is 0.282. The topological polar surface area (TPSA) is 103 Å². The highest BCUT2D eigenvalue weighted by Gasteiger charge is 2.26. The summed E-state index contributed by atoms with van der Waals surface area (Å²) < 4.78 is 2.07. The lowest BCUT2D eigenvalue weighted by molar-refractivity contribution is -0.117. The van der Waals surface area contributed by atoms with E-state index in [1.165, 1.54) is 11.8 Å². The smallest absolute Gasteiger partial charge is 0.318 e. The van der Waals surface area contributed by atoms with E-state index in [2.05, 4.69) is 20.1 Å². The van der Waals surface area contributed by atoms with E-state index in [-0.39, 0.29) is 11.8 Å². The zero-order chi connectivity index (χ0) is 17.8. The lowest BCUT2D eigenvalue weighted by Crippen LogP contribution is -2.36. The van der Waals surface area contributed by atoms with E-state index in [0.717, 1.165) is 31.2 Å². The molecule has 2 aromatic rings. The zero-order valence-corrected chi connectivity index (χ0v) is 15.0. The average Bonchev–Trinajstić information content (AvgIpc) is 3.22. The number of halogens is 1. The molecule has 3 amide bonds. The Bertz CT molecular complexity index is 789. The second-order valence-corrected chi connectivity index (χ2v) is 7.15. The van der Waals surface area contributed by atoms with E-state index in [1.54, 1.807) is 0 Å². The maximum atomic E-state index is 11.7. The molecule has 3 N–H and O–H groups in total. The first kappa shape index (κ1) is 17.8. The van der Waals surface area contributed by atoms with Crippen LogP contribution in [0.5, 0.6) is 0 Å². The fourth-order valence-corrected chi connectivity index (χ4v) is 4.02. The molecule has 7 nitrogen and oxygen atoms in total. The number of urea groups is 1. The summed E-state index contributed by atoms with van der Waals surface area (Å²) in [5.41, 5.74) is 5.78. The van der Waals surface area contributed by atoms with Crippen LogP contribution in [0.1, 0.15) is 31.7 Å². The minimum Gasteiger partial charge on any atom is -0.351 e. The molecule has 0 unspecified atom stereocenters. The second kappa shape index (κ2) is 7.88. The Kier molecular flexibility index (Phi) is 5.60. The van der Waals surface area contributed by atoms with Crippen molar-refractivity contribution in [2.45, 2.75) is 36.9 Å². The van der Waals surface area contributed by atoms with Crippen LogP contribution >= 0.6 is 23.4 Å². The maximum absolute atomic E-state index is 11.7. The molecule has 3 rings (SSSR count). The van der Waals surface area contributed by atoms with E-state index >= 15 is 0 Å². The van der Waals surface area contributed by atoms with Gasteiger partial charge in [0.15, 0.2) is 11.0 Å². The van der Waals surface area contributed by atoms with Gasteiger partial charge in [0, 0.05) is 11.6 Å². The summed E-state index contributed by atoms with van der Waals surface area (Å²) >= 11 is 7.56. The Morgan fingerprint density at radius 3 is 2.68 bits per heavy atom. The number of carbonyl (C=O) groups excluding carboxylic acids is 2. The third-order valence-electron chi connectivity index (χ3n) is 4.06. The van der Waals surface area contributed by atoms with Gasteiger partial charge in [-0.1, -0.05) is 48.3 Å². The van der Waals surface area contributed by atoms with Crippen LogP contribution in [0.15, 0.2) is 29.4 Å². The van der Waals surface area contributed by atoms with Gasteiger partial charge in [-0.05, 0) is 25.0 Å². The molecular formula is C16H18ClN5O2S. The highest BCUT2D eigenvalue weighted by atomic mass is 35.5. The first-order chi connectivity index (χ1) is 12.1. The van der Waals surface area contributed by atoms with Crippen LogP contribution < -0.4 is 11.1 Å². The molecule has 1 heterocycles. The number of amides is 3. The molecule has 0 aliphatic heterocycles. The second-order valence-electron chi connectivity index (χ2n) is 5.80. The van der Waals surface area contributed by atoms with Gasteiger partial charge in [0.25, 0.3) is 0 Å². The van der Waals surface area contributed by atoms with Gasteiger partial charge in [0.2, 0.25) is 5.91 Å². The summed E-state index contributed by atoms with van der Waals surface area (Å²) in [5, 5.41) is 11.9. The molecule has 25 heavy (non-hydrogen) atoms. The van der Waals surface area contributed by atoms with Crippen molar-refractivity contribution in [3.63, 3.8) is 0 Å². The van der Waals surface area contributed by atoms with Gasteiger partial charge in [-0.3, -0.25) is 14.7 Å². The maximum Gasteiger partial charge on any atom is 0.318 e. The highest BCUT2D eigenvalue weighted by molar-refractivity contribution is 7.99. The number of hydrogen-bond acceptors (Lipinski definition) is 5. The molecule has 132 valence electrons. The summed E-state index contributed by atoms with van der Waals surface area (Å²) in [7, 11) is 0. The fraction of sp³-hybridized carbons (Fsp3) is 0.375. The SMILES string of the molecule is NC(=O)NC(=O)CSc1nnc(-c2ccccc2Cl)n1C1CCCC1. The van der Waals surface area contributed by atoms with Crippen LogP contribution in [0, 0.1) is 0 Å². The number of rotatable bonds is 5. The van der Waals surface area contributed by atoms with Crippen molar-refractivity contribution < 1.29 is 9.59 Å². The molecule has 0 radical (unpaired) electrons. The number of thioether (sulfide) groups is 1. The number of nitrogens with zero attached hydrogens (tertiary/aromatic N) is 3. The minimum absolute atomic E-state index is 0.0380. The van der Waals surface area contributed by atoms with Crippen molar-refractivity contribution >= 4 is 35.3 Å². The lowest BCUT2D eigenvalue weighted by atomic mass is 10.2. The molecule has 1 aliphatic carbocycles. The molecule has 1 aromatic carbocycles. The largest absolute Gasteiger partial charge is 0.351 e. The third kappa shape index (κ3) is 4.13. The summed E-state index contributed by atoms with van der Waals surface area (Å²) in [6.07, 6.45) is 4.38. The van der Waals surface area contributed by atoms with E-state index in [1.807, 2.05) is 24.3 Å². The zero-order valence-electron chi connectivity index (χ0n) is 13.4. The van der Waals surface area contributed by atoms with Crippen LogP contribution in [0.4, 0.5) is 4.79 Å². The van der Waals surface area contributed by atoms with E-state index < -0.39 is 11.9 Å². The monoisotopic (exact) mass is 379 g/mol. The number of carbonyl (C=O) groups is 2. The number of hydrogen-bond donors (Lipinski definition) is 2. The van der Waals surface area contributed by atoms with E-state index in [9.17, 15) is 9.59 Å². The van der Waals surface area contributed by atoms with Crippen molar-refractivity contribution in [1.29, 1.82) is 0 Å². The minimum atomic E-state index is -0.861. The summed E-state index contributed by atoms with van der Waals surface area (Å²) in [6, 6.07) is 6.92. The van der Waals surface area contributed by atoms with E-state index in [0.29, 0.717) is 16.0 Å². The van der Waals surface area contributed by atoms with Crippen molar-refractivity contribution in [3.05, 3.63) is 29.3 Å². The first-order valence-corrected chi connectivity index (χ1v) is 9.34. The van der Waals surface area contributed by atoms with Crippen LogP contribution in [0.2, 0.25) is 5.02 Å². The molecule has 0 atom stereocenters. The molecule has 0 saturated heterocycles. The van der Waals surface area contributed by atoms with Crippen LogP contribution in [0.3, 0.4) is 0 Å². The van der Waals surface area contributed by atoms with Crippen LogP contribution in [0.25, 0.3) is 11.4 Å². The Morgan fingerprint density at radius 1 is 1.28 bits per heavy atom. The molecule has 9 heteroatoms. The standard InChI is InChI=1S/C16H18ClN5O2S/c17-12-8-4-3-7-11(12)14-20-21-16(22(14)10-5-1-2-6-10)25-9-13(23)19-15(18)24/h3-4,7-8,10H,1-2,5-6,9H2,(H3,18,19,23,24). The van der Waals surface area contributed by atoms with Crippen LogP contribution in [-0.4, -0.2) is 32.5 Å². The number of aromatic nitrogens is 3. The van der Waals surface area contributed by atoms with Crippen molar-refractivity contribution in [2.24, 2.45) is 5.73 Å². The third-order valence-corrected chi connectivity index (χ3v) is 5.34. The number of imide groups is 1. The predicted octanol–water partition coefficient (Wildman–Crippen LogP) is 3.00. The molecule has 1 aliphatic rings. The Morgan fingerprint density at radius 2 is 2.00 bits per heavy atom. The normalized spacial score (nSPS) is 14.6. The van der Waals surface area contributed by atoms with Gasteiger partial charge in [0.05, 0.1) is 10.8 Å². The molecule has 1 aromatic heterocycles. The fourth-order valence-electron chi connectivity index (χ4n) is 3.00. The Balaban J connectivity index is 1.89. The Labute approximate surface area is 154 Å².